The standard InChI is InChI=1S/C26H19N5O18S5/c27-11-1-3-15(18(7-11)51(38,39)40)28-30-22-20(53(44,45)46)9-14-13(24(22)33)2-4-16(26(14)54(47,48)49)29-31-23-19(52(41,42)43)6-10-5-12(50(35,36)37)8-17(32)21(10)25(23)34/h1-9,32-34H,27H2,(H,35,36,37)(H,38,39,40)(H,41,42,43)(H,44,45,46)(H,47,48,49). The predicted molar refractivity (Wildman–Crippen MR) is 181 cm³/mol. The molecule has 0 spiro atoms. The minimum Gasteiger partial charge on any atom is -0.507 e. The molecule has 0 saturated carbocycles. The fraction of sp³-hybridized carbons (Fsp3) is 0. The average molecular weight is 850 g/mol. The van der Waals surface area contributed by atoms with E-state index in [4.69, 9.17) is 5.73 Å². The van der Waals surface area contributed by atoms with Gasteiger partial charge in [0.25, 0.3) is 50.6 Å². The molecule has 23 nitrogen and oxygen atoms in total. The average Bonchev–Trinajstić information content (AvgIpc) is 3.01. The SMILES string of the molecule is Nc1ccc(N=Nc2c(S(=O)(=O)O)cc3c(S(=O)(=O)O)c(N=Nc4c(S(=O)(=O)O)cc5cc(S(=O)(=O)O)cc(O)c5c4O)ccc3c2O)c(S(=O)(=O)O)c1. The quantitative estimate of drug-likeness (QED) is 0.0579. The van der Waals surface area contributed by atoms with E-state index in [1.165, 1.54) is 0 Å². The number of anilines is 1. The summed E-state index contributed by atoms with van der Waals surface area (Å²) >= 11 is 0. The van der Waals surface area contributed by atoms with Crippen LogP contribution in [0.4, 0.5) is 28.4 Å². The third kappa shape index (κ3) is 7.63. The Morgan fingerprint density at radius 2 is 1.00 bits per heavy atom. The van der Waals surface area contributed by atoms with Gasteiger partial charge in [-0.3, -0.25) is 22.8 Å². The number of hydrogen-bond donors (Lipinski definition) is 9. The number of rotatable bonds is 9. The number of fused-ring (bicyclic) bond motifs is 2. The molecular weight excluding hydrogens is 831 g/mol. The van der Waals surface area contributed by atoms with Crippen molar-refractivity contribution in [2.75, 3.05) is 5.73 Å². The van der Waals surface area contributed by atoms with Crippen LogP contribution in [0.2, 0.25) is 0 Å². The Morgan fingerprint density at radius 1 is 0.481 bits per heavy atom. The Hall–Kier alpha value is -5.43. The zero-order chi connectivity index (χ0) is 40.5. The topological polar surface area (TPSA) is 408 Å². The molecule has 0 amide bonds. The second-order valence-electron chi connectivity index (χ2n) is 10.7. The van der Waals surface area contributed by atoms with Gasteiger partial charge in [-0.05, 0) is 53.9 Å². The lowest BCUT2D eigenvalue weighted by molar-refractivity contribution is 0.457. The summed E-state index contributed by atoms with van der Waals surface area (Å²) in [6.07, 6.45) is 0. The lowest BCUT2D eigenvalue weighted by Gasteiger charge is -2.13. The first-order chi connectivity index (χ1) is 24.6. The second kappa shape index (κ2) is 13.2. The molecule has 0 fully saturated rings. The molecule has 0 unspecified atom stereocenters. The fourth-order valence-electron chi connectivity index (χ4n) is 4.93. The van der Waals surface area contributed by atoms with Crippen LogP contribution in [0.3, 0.4) is 0 Å². The van der Waals surface area contributed by atoms with Gasteiger partial charge in [0.05, 0.1) is 10.3 Å². The Labute approximate surface area is 302 Å². The number of phenols is 3. The van der Waals surface area contributed by atoms with Crippen molar-refractivity contribution in [1.82, 2.24) is 0 Å². The smallest absolute Gasteiger partial charge is 0.297 e. The van der Waals surface area contributed by atoms with Crippen LogP contribution in [-0.2, 0) is 50.6 Å². The van der Waals surface area contributed by atoms with Crippen LogP contribution in [0.5, 0.6) is 17.2 Å². The number of phenolic OH excluding ortho intramolecular Hbond substituents is 3. The Balaban J connectivity index is 1.80. The van der Waals surface area contributed by atoms with Crippen molar-refractivity contribution in [1.29, 1.82) is 0 Å². The minimum atomic E-state index is -5.60. The number of azo groups is 2. The van der Waals surface area contributed by atoms with Gasteiger partial charge >= 0.3 is 0 Å². The zero-order valence-corrected chi connectivity index (χ0v) is 29.8. The summed E-state index contributed by atoms with van der Waals surface area (Å²) in [4.78, 5) is -6.00. The number of hydrogen-bond acceptors (Lipinski definition) is 18. The minimum absolute atomic E-state index is 0.170. The van der Waals surface area contributed by atoms with E-state index >= 15 is 0 Å². The van der Waals surface area contributed by atoms with Gasteiger partial charge in [-0.2, -0.15) is 42.1 Å². The van der Waals surface area contributed by atoms with Crippen LogP contribution in [0.15, 0.2) is 99.5 Å². The highest BCUT2D eigenvalue weighted by Crippen LogP contribution is 2.48. The van der Waals surface area contributed by atoms with Crippen molar-refractivity contribution < 1.29 is 80.2 Å². The summed E-state index contributed by atoms with van der Waals surface area (Å²) in [6, 6.07) is 6.11. The summed E-state index contributed by atoms with van der Waals surface area (Å²) in [5, 5.41) is 43.3. The monoisotopic (exact) mass is 849 g/mol. The largest absolute Gasteiger partial charge is 0.507 e. The van der Waals surface area contributed by atoms with E-state index in [-0.39, 0.29) is 5.69 Å². The normalized spacial score (nSPS) is 13.4. The van der Waals surface area contributed by atoms with Crippen molar-refractivity contribution in [2.24, 2.45) is 20.5 Å². The Kier molecular flexibility index (Phi) is 9.69. The van der Waals surface area contributed by atoms with Crippen LogP contribution >= 0.6 is 0 Å². The molecule has 5 aromatic rings. The maximum absolute atomic E-state index is 12.7. The fourth-order valence-corrected chi connectivity index (χ4v) is 8.25. The van der Waals surface area contributed by atoms with Gasteiger partial charge in [0, 0.05) is 22.5 Å². The maximum Gasteiger partial charge on any atom is 0.297 e. The molecule has 0 radical (unpaired) electrons. The molecule has 0 aromatic heterocycles. The van der Waals surface area contributed by atoms with Gasteiger partial charge in [0.1, 0.15) is 48.1 Å². The number of nitrogens with two attached hydrogens (primary N) is 1. The van der Waals surface area contributed by atoms with Crippen molar-refractivity contribution in [3.63, 3.8) is 0 Å². The molecule has 0 aliphatic rings. The first kappa shape index (κ1) is 39.8. The molecular formula is C26H19N5O18S5. The summed E-state index contributed by atoms with van der Waals surface area (Å²) < 4.78 is 170. The summed E-state index contributed by atoms with van der Waals surface area (Å²) in [6.45, 7) is 0. The number of benzene rings is 5. The van der Waals surface area contributed by atoms with E-state index in [1.807, 2.05) is 0 Å². The van der Waals surface area contributed by atoms with Gasteiger partial charge < -0.3 is 21.1 Å². The van der Waals surface area contributed by atoms with E-state index in [2.05, 4.69) is 20.5 Å². The van der Waals surface area contributed by atoms with Crippen LogP contribution < -0.4 is 5.73 Å². The molecule has 28 heteroatoms. The molecule has 0 bridgehead atoms. The van der Waals surface area contributed by atoms with Gasteiger partial charge in [-0.25, -0.2) is 0 Å². The first-order valence-corrected chi connectivity index (χ1v) is 20.8. The molecule has 10 N–H and O–H groups in total. The number of aromatic hydroxyl groups is 3. The number of nitrogens with zero attached hydrogens (tertiary/aromatic N) is 4. The van der Waals surface area contributed by atoms with E-state index in [1.54, 1.807) is 0 Å². The third-order valence-electron chi connectivity index (χ3n) is 7.16. The van der Waals surface area contributed by atoms with Crippen LogP contribution in [0, 0.1) is 0 Å². The third-order valence-corrected chi connectivity index (χ3v) is 11.5. The summed E-state index contributed by atoms with van der Waals surface area (Å²) in [7, 11) is -26.6. The molecule has 0 atom stereocenters. The van der Waals surface area contributed by atoms with Crippen molar-refractivity contribution >= 4 is 101 Å². The molecule has 5 rings (SSSR count). The van der Waals surface area contributed by atoms with E-state index in [9.17, 15) is 80.2 Å². The lowest BCUT2D eigenvalue weighted by atomic mass is 10.1. The van der Waals surface area contributed by atoms with E-state index in [0.29, 0.717) is 30.3 Å². The summed E-state index contributed by atoms with van der Waals surface area (Å²) in [5.41, 5.74) is 1.36. The highest BCUT2D eigenvalue weighted by atomic mass is 32.2. The Bertz CT molecular complexity index is 3110. The maximum atomic E-state index is 12.7. The molecule has 0 aliphatic carbocycles. The Morgan fingerprint density at radius 3 is 1.54 bits per heavy atom. The molecule has 0 heterocycles. The van der Waals surface area contributed by atoms with Crippen molar-refractivity contribution in [3.8, 4) is 17.2 Å². The highest BCUT2D eigenvalue weighted by molar-refractivity contribution is 7.87. The van der Waals surface area contributed by atoms with Gasteiger partial charge in [-0.15, -0.1) is 20.5 Å². The van der Waals surface area contributed by atoms with E-state index in [0.717, 1.165) is 24.3 Å². The second-order valence-corrected chi connectivity index (χ2v) is 17.6. The van der Waals surface area contributed by atoms with Crippen LogP contribution in [-0.4, -0.2) is 80.2 Å². The molecule has 286 valence electrons. The van der Waals surface area contributed by atoms with Crippen molar-refractivity contribution in [3.05, 3.63) is 54.6 Å². The van der Waals surface area contributed by atoms with Gasteiger partial charge in [0.15, 0.2) is 11.5 Å². The first-order valence-electron chi connectivity index (χ1n) is 13.6. The summed E-state index contributed by atoms with van der Waals surface area (Å²) in [5.74, 6) is -3.65. The van der Waals surface area contributed by atoms with Crippen LogP contribution in [0.1, 0.15) is 0 Å². The van der Waals surface area contributed by atoms with Crippen LogP contribution in [0.25, 0.3) is 21.5 Å². The van der Waals surface area contributed by atoms with E-state index < -0.39 is 137 Å². The molecule has 0 aliphatic heterocycles. The molecule has 0 saturated heterocycles. The zero-order valence-electron chi connectivity index (χ0n) is 25.8. The molecule has 54 heavy (non-hydrogen) atoms. The lowest BCUT2D eigenvalue weighted by Crippen LogP contribution is -2.03. The number of nitrogen functional groups attached to an aromatic ring is 1. The van der Waals surface area contributed by atoms with Gasteiger partial charge in [0.2, 0.25) is 0 Å². The molecule has 5 aromatic carbocycles. The van der Waals surface area contributed by atoms with Crippen molar-refractivity contribution in [2.45, 2.75) is 24.5 Å². The predicted octanol–water partition coefficient (Wildman–Crippen LogP) is 3.76. The highest BCUT2D eigenvalue weighted by Gasteiger charge is 2.29. The van der Waals surface area contributed by atoms with Gasteiger partial charge in [-0.1, -0.05) is 0 Å².